The van der Waals surface area contributed by atoms with E-state index in [1.54, 1.807) is 12.4 Å². The average molecular weight is 243 g/mol. The van der Waals surface area contributed by atoms with Crippen molar-refractivity contribution < 1.29 is 0 Å². The summed E-state index contributed by atoms with van der Waals surface area (Å²) in [6.07, 6.45) is 5.35. The van der Waals surface area contributed by atoms with Crippen LogP contribution in [0.15, 0.2) is 31.1 Å². The van der Waals surface area contributed by atoms with Gasteiger partial charge in [-0.1, -0.05) is 17.7 Å². The Bertz CT molecular complexity index is 304. The molecule has 1 rings (SSSR count). The standard InChI is InChI=1S/C11H15ClN2S/c1-2-6-15-7-5-14-8-10-3-4-13-9-11(10)12/h2-4,9,14H,1,5-8H2. The number of nitrogens with zero attached hydrogens (tertiary/aromatic N) is 1. The average Bonchev–Trinajstić information content (AvgIpc) is 2.25. The minimum absolute atomic E-state index is 0.726. The van der Waals surface area contributed by atoms with Gasteiger partial charge < -0.3 is 5.32 Å². The quantitative estimate of drug-likeness (QED) is 0.588. The lowest BCUT2D eigenvalue weighted by Crippen LogP contribution is -2.16. The molecule has 1 heterocycles. The molecule has 2 nitrogen and oxygen atoms in total. The summed E-state index contributed by atoms with van der Waals surface area (Å²) in [6, 6.07) is 1.94. The number of hydrogen-bond donors (Lipinski definition) is 1. The molecular weight excluding hydrogens is 228 g/mol. The number of halogens is 1. The van der Waals surface area contributed by atoms with E-state index in [1.807, 2.05) is 23.9 Å². The van der Waals surface area contributed by atoms with Crippen LogP contribution in [0.5, 0.6) is 0 Å². The Kier molecular flexibility index (Phi) is 6.48. The minimum atomic E-state index is 0.726. The highest BCUT2D eigenvalue weighted by Crippen LogP contribution is 2.12. The molecule has 0 aromatic carbocycles. The Morgan fingerprint density at radius 2 is 2.47 bits per heavy atom. The van der Waals surface area contributed by atoms with Crippen LogP contribution in [0.4, 0.5) is 0 Å². The van der Waals surface area contributed by atoms with Crippen LogP contribution in [-0.2, 0) is 6.54 Å². The van der Waals surface area contributed by atoms with E-state index in [2.05, 4.69) is 16.9 Å². The predicted octanol–water partition coefficient (Wildman–Crippen LogP) is 2.74. The Hall–Kier alpha value is -0.510. The number of nitrogens with one attached hydrogen (secondary N) is 1. The van der Waals surface area contributed by atoms with Crippen LogP contribution >= 0.6 is 23.4 Å². The molecule has 0 aliphatic carbocycles. The molecule has 4 heteroatoms. The first kappa shape index (κ1) is 12.6. The first-order chi connectivity index (χ1) is 7.34. The van der Waals surface area contributed by atoms with Gasteiger partial charge in [0.15, 0.2) is 0 Å². The molecule has 0 fully saturated rings. The van der Waals surface area contributed by atoms with Crippen LogP contribution in [0.1, 0.15) is 5.56 Å². The van der Waals surface area contributed by atoms with Gasteiger partial charge in [0.1, 0.15) is 0 Å². The van der Waals surface area contributed by atoms with Crippen molar-refractivity contribution in [2.75, 3.05) is 18.1 Å². The molecule has 0 aliphatic heterocycles. The van der Waals surface area contributed by atoms with Gasteiger partial charge in [0.05, 0.1) is 5.02 Å². The van der Waals surface area contributed by atoms with E-state index in [4.69, 9.17) is 11.6 Å². The van der Waals surface area contributed by atoms with Crippen molar-refractivity contribution in [2.45, 2.75) is 6.54 Å². The zero-order chi connectivity index (χ0) is 10.9. The van der Waals surface area contributed by atoms with E-state index >= 15 is 0 Å². The summed E-state index contributed by atoms with van der Waals surface area (Å²) in [7, 11) is 0. The van der Waals surface area contributed by atoms with Gasteiger partial charge in [0.25, 0.3) is 0 Å². The summed E-state index contributed by atoms with van der Waals surface area (Å²) in [5.41, 5.74) is 1.10. The van der Waals surface area contributed by atoms with Gasteiger partial charge in [-0.3, -0.25) is 4.98 Å². The lowest BCUT2D eigenvalue weighted by atomic mass is 10.3. The van der Waals surface area contributed by atoms with Crippen LogP contribution in [0, 0.1) is 0 Å². The molecular formula is C11H15ClN2S. The van der Waals surface area contributed by atoms with Gasteiger partial charge in [-0.2, -0.15) is 11.8 Å². The van der Waals surface area contributed by atoms with E-state index in [9.17, 15) is 0 Å². The molecule has 1 aromatic rings. The minimum Gasteiger partial charge on any atom is -0.312 e. The molecule has 0 radical (unpaired) electrons. The third-order valence-electron chi connectivity index (χ3n) is 1.83. The second-order valence-corrected chi connectivity index (χ2v) is 4.56. The smallest absolute Gasteiger partial charge is 0.0634 e. The van der Waals surface area contributed by atoms with Gasteiger partial charge in [0.2, 0.25) is 0 Å². The lowest BCUT2D eigenvalue weighted by molar-refractivity contribution is 0.731. The molecule has 82 valence electrons. The van der Waals surface area contributed by atoms with Gasteiger partial charge in [0, 0.05) is 37.0 Å². The third-order valence-corrected chi connectivity index (χ3v) is 3.14. The normalized spacial score (nSPS) is 10.2. The van der Waals surface area contributed by atoms with Crippen LogP contribution in [-0.4, -0.2) is 23.0 Å². The molecule has 1 aromatic heterocycles. The maximum absolute atomic E-state index is 5.97. The third kappa shape index (κ3) is 5.21. The van der Waals surface area contributed by atoms with Crippen LogP contribution in [0.2, 0.25) is 5.02 Å². The van der Waals surface area contributed by atoms with Crippen molar-refractivity contribution in [3.63, 3.8) is 0 Å². The molecule has 15 heavy (non-hydrogen) atoms. The van der Waals surface area contributed by atoms with Gasteiger partial charge in [-0.15, -0.1) is 6.58 Å². The summed E-state index contributed by atoms with van der Waals surface area (Å²) in [4.78, 5) is 3.94. The fourth-order valence-electron chi connectivity index (χ4n) is 1.08. The molecule has 0 saturated heterocycles. The van der Waals surface area contributed by atoms with Gasteiger partial charge >= 0.3 is 0 Å². The van der Waals surface area contributed by atoms with Crippen LogP contribution in [0.25, 0.3) is 0 Å². The lowest BCUT2D eigenvalue weighted by Gasteiger charge is -2.05. The molecule has 0 aliphatic rings. The van der Waals surface area contributed by atoms with Crippen molar-refractivity contribution in [3.05, 3.63) is 41.7 Å². The van der Waals surface area contributed by atoms with Crippen molar-refractivity contribution in [1.82, 2.24) is 10.3 Å². The zero-order valence-corrected chi connectivity index (χ0v) is 10.2. The summed E-state index contributed by atoms with van der Waals surface area (Å²) < 4.78 is 0. The summed E-state index contributed by atoms with van der Waals surface area (Å²) in [5.74, 6) is 2.10. The largest absolute Gasteiger partial charge is 0.312 e. The SMILES string of the molecule is C=CCSCCNCc1ccncc1Cl. The van der Waals surface area contributed by atoms with Crippen molar-refractivity contribution in [3.8, 4) is 0 Å². The van der Waals surface area contributed by atoms with Crippen LogP contribution in [0.3, 0.4) is 0 Å². The molecule has 0 spiro atoms. The summed E-state index contributed by atoms with van der Waals surface area (Å²) >= 11 is 7.83. The highest BCUT2D eigenvalue weighted by molar-refractivity contribution is 7.99. The number of aromatic nitrogens is 1. The molecule has 0 amide bonds. The fraction of sp³-hybridized carbons (Fsp3) is 0.364. The Morgan fingerprint density at radius 3 is 3.20 bits per heavy atom. The number of thioether (sulfide) groups is 1. The van der Waals surface area contributed by atoms with Crippen LogP contribution < -0.4 is 5.32 Å². The van der Waals surface area contributed by atoms with E-state index in [0.717, 1.165) is 35.2 Å². The van der Waals surface area contributed by atoms with Gasteiger partial charge in [-0.25, -0.2) is 0 Å². The van der Waals surface area contributed by atoms with Crippen molar-refractivity contribution in [2.24, 2.45) is 0 Å². The first-order valence-electron chi connectivity index (χ1n) is 4.82. The second-order valence-electron chi connectivity index (χ2n) is 3.01. The first-order valence-corrected chi connectivity index (χ1v) is 6.35. The van der Waals surface area contributed by atoms with Crippen molar-refractivity contribution in [1.29, 1.82) is 0 Å². The topological polar surface area (TPSA) is 24.9 Å². The summed E-state index contributed by atoms with van der Waals surface area (Å²) in [6.45, 7) is 5.46. The van der Waals surface area contributed by atoms with E-state index in [-0.39, 0.29) is 0 Å². The number of hydrogen-bond acceptors (Lipinski definition) is 3. The second kappa shape index (κ2) is 7.74. The zero-order valence-electron chi connectivity index (χ0n) is 8.58. The Labute approximate surface area is 100 Å². The van der Waals surface area contributed by atoms with E-state index in [1.165, 1.54) is 0 Å². The van der Waals surface area contributed by atoms with E-state index < -0.39 is 0 Å². The molecule has 0 atom stereocenters. The Balaban J connectivity index is 2.15. The number of pyridine rings is 1. The molecule has 0 saturated carbocycles. The molecule has 1 N–H and O–H groups in total. The number of rotatable bonds is 7. The highest BCUT2D eigenvalue weighted by Gasteiger charge is 1.97. The Morgan fingerprint density at radius 1 is 1.60 bits per heavy atom. The maximum Gasteiger partial charge on any atom is 0.0634 e. The van der Waals surface area contributed by atoms with Crippen molar-refractivity contribution >= 4 is 23.4 Å². The molecule has 0 unspecified atom stereocenters. The summed E-state index contributed by atoms with van der Waals surface area (Å²) in [5, 5.41) is 4.06. The monoisotopic (exact) mass is 242 g/mol. The highest BCUT2D eigenvalue weighted by atomic mass is 35.5. The van der Waals surface area contributed by atoms with Gasteiger partial charge in [-0.05, 0) is 11.6 Å². The maximum atomic E-state index is 5.97. The fourth-order valence-corrected chi connectivity index (χ4v) is 1.89. The van der Waals surface area contributed by atoms with E-state index in [0.29, 0.717) is 0 Å². The molecule has 0 bridgehead atoms. The predicted molar refractivity (Wildman–Crippen MR) is 68.5 cm³/mol.